The summed E-state index contributed by atoms with van der Waals surface area (Å²) in [5.74, 6) is -0.218. The molecule has 4 nitrogen and oxygen atoms in total. The Hall–Kier alpha value is -1.43. The lowest BCUT2D eigenvalue weighted by Gasteiger charge is -2.00. The number of aliphatic hydroxyl groups excluding tert-OH is 1. The third kappa shape index (κ3) is 3.76. The summed E-state index contributed by atoms with van der Waals surface area (Å²) in [6.07, 6.45) is 0.542. The van der Waals surface area contributed by atoms with E-state index in [4.69, 9.17) is 16.7 Å². The van der Waals surface area contributed by atoms with Crippen molar-refractivity contribution in [3.8, 4) is 10.6 Å². The van der Waals surface area contributed by atoms with Crippen LogP contribution in [-0.4, -0.2) is 29.1 Å². The summed E-state index contributed by atoms with van der Waals surface area (Å²) >= 11 is 7.24. The first-order chi connectivity index (χ1) is 9.20. The molecule has 2 rings (SSSR count). The second-order valence-electron chi connectivity index (χ2n) is 3.88. The highest BCUT2D eigenvalue weighted by Gasteiger charge is 2.11. The van der Waals surface area contributed by atoms with E-state index in [2.05, 4.69) is 10.3 Å². The molecular formula is C13H13ClN2O2S. The van der Waals surface area contributed by atoms with Crippen molar-refractivity contribution in [2.24, 2.45) is 0 Å². The van der Waals surface area contributed by atoms with Gasteiger partial charge in [0.25, 0.3) is 5.91 Å². The monoisotopic (exact) mass is 296 g/mol. The topological polar surface area (TPSA) is 62.2 Å². The van der Waals surface area contributed by atoms with Gasteiger partial charge in [0, 0.05) is 29.1 Å². The van der Waals surface area contributed by atoms with Crippen LogP contribution < -0.4 is 5.32 Å². The van der Waals surface area contributed by atoms with Crippen molar-refractivity contribution in [3.63, 3.8) is 0 Å². The first-order valence-corrected chi connectivity index (χ1v) is 7.07. The van der Waals surface area contributed by atoms with Crippen LogP contribution in [-0.2, 0) is 0 Å². The lowest BCUT2D eigenvalue weighted by Crippen LogP contribution is -2.25. The van der Waals surface area contributed by atoms with E-state index in [9.17, 15) is 4.79 Å². The Labute approximate surface area is 120 Å². The average molecular weight is 297 g/mol. The number of hydrogen-bond donors (Lipinski definition) is 2. The molecule has 19 heavy (non-hydrogen) atoms. The Balaban J connectivity index is 2.06. The van der Waals surface area contributed by atoms with Gasteiger partial charge in [0.15, 0.2) is 0 Å². The molecule has 0 spiro atoms. The second-order valence-corrected chi connectivity index (χ2v) is 5.17. The fourth-order valence-corrected chi connectivity index (χ4v) is 2.41. The van der Waals surface area contributed by atoms with Gasteiger partial charge in [-0.25, -0.2) is 4.98 Å². The van der Waals surface area contributed by atoms with Crippen LogP contribution >= 0.6 is 22.9 Å². The minimum absolute atomic E-state index is 0.0629. The van der Waals surface area contributed by atoms with Gasteiger partial charge in [-0.05, 0) is 18.6 Å². The fourth-order valence-electron chi connectivity index (χ4n) is 1.47. The average Bonchev–Trinajstić information content (AvgIpc) is 2.89. The van der Waals surface area contributed by atoms with Crippen molar-refractivity contribution in [1.29, 1.82) is 0 Å². The van der Waals surface area contributed by atoms with E-state index in [1.807, 2.05) is 12.1 Å². The molecule has 0 radical (unpaired) electrons. The number of aliphatic hydroxyl groups is 1. The van der Waals surface area contributed by atoms with E-state index in [0.29, 0.717) is 23.7 Å². The summed E-state index contributed by atoms with van der Waals surface area (Å²) in [6, 6.07) is 7.32. The SMILES string of the molecule is O=C(NCCCO)c1csc(-c2ccc(Cl)cc2)n1. The molecule has 1 amide bonds. The van der Waals surface area contributed by atoms with Crippen molar-refractivity contribution >= 4 is 28.8 Å². The van der Waals surface area contributed by atoms with Gasteiger partial charge in [-0.2, -0.15) is 0 Å². The van der Waals surface area contributed by atoms with Gasteiger partial charge >= 0.3 is 0 Å². The Morgan fingerprint density at radius 1 is 1.37 bits per heavy atom. The molecule has 1 aromatic carbocycles. The van der Waals surface area contributed by atoms with E-state index < -0.39 is 0 Å². The zero-order valence-corrected chi connectivity index (χ0v) is 11.7. The standard InChI is InChI=1S/C13H13ClN2O2S/c14-10-4-2-9(3-5-10)13-16-11(8-19-13)12(18)15-6-1-7-17/h2-5,8,17H,1,6-7H2,(H,15,18). The fraction of sp³-hybridized carbons (Fsp3) is 0.231. The molecule has 0 aliphatic rings. The molecule has 0 atom stereocenters. The van der Waals surface area contributed by atoms with Gasteiger partial charge in [-0.3, -0.25) is 4.79 Å². The van der Waals surface area contributed by atoms with Crippen molar-refractivity contribution in [2.75, 3.05) is 13.2 Å². The second kappa shape index (κ2) is 6.65. The Bertz CT molecular complexity index is 554. The highest BCUT2D eigenvalue weighted by Crippen LogP contribution is 2.24. The van der Waals surface area contributed by atoms with Gasteiger partial charge in [0.2, 0.25) is 0 Å². The zero-order chi connectivity index (χ0) is 13.7. The molecule has 0 aliphatic carbocycles. The molecule has 0 saturated carbocycles. The van der Waals surface area contributed by atoms with Gasteiger partial charge in [-0.1, -0.05) is 23.7 Å². The Kier molecular flexibility index (Phi) is 4.90. The smallest absolute Gasteiger partial charge is 0.270 e. The number of carbonyl (C=O) groups is 1. The Morgan fingerprint density at radius 3 is 2.79 bits per heavy atom. The van der Waals surface area contributed by atoms with E-state index in [1.54, 1.807) is 17.5 Å². The van der Waals surface area contributed by atoms with Crippen LogP contribution in [0.25, 0.3) is 10.6 Å². The van der Waals surface area contributed by atoms with E-state index in [0.717, 1.165) is 10.6 Å². The van der Waals surface area contributed by atoms with E-state index in [-0.39, 0.29) is 12.5 Å². The maximum atomic E-state index is 11.7. The van der Waals surface area contributed by atoms with Crippen molar-refractivity contribution in [3.05, 3.63) is 40.4 Å². The molecule has 0 bridgehead atoms. The highest BCUT2D eigenvalue weighted by molar-refractivity contribution is 7.13. The van der Waals surface area contributed by atoms with Crippen LogP contribution in [0.15, 0.2) is 29.6 Å². The third-order valence-corrected chi connectivity index (χ3v) is 3.59. The van der Waals surface area contributed by atoms with Crippen molar-refractivity contribution in [2.45, 2.75) is 6.42 Å². The third-order valence-electron chi connectivity index (χ3n) is 2.45. The molecule has 0 aliphatic heterocycles. The summed E-state index contributed by atoms with van der Waals surface area (Å²) in [7, 11) is 0. The van der Waals surface area contributed by atoms with E-state index >= 15 is 0 Å². The molecule has 6 heteroatoms. The largest absolute Gasteiger partial charge is 0.396 e. The van der Waals surface area contributed by atoms with Crippen molar-refractivity contribution < 1.29 is 9.90 Å². The minimum Gasteiger partial charge on any atom is -0.396 e. The van der Waals surface area contributed by atoms with Gasteiger partial charge in [0.05, 0.1) is 0 Å². The number of halogens is 1. The molecule has 2 N–H and O–H groups in total. The zero-order valence-electron chi connectivity index (χ0n) is 10.1. The summed E-state index contributed by atoms with van der Waals surface area (Å²) in [6.45, 7) is 0.510. The summed E-state index contributed by atoms with van der Waals surface area (Å²) in [5.41, 5.74) is 1.33. The van der Waals surface area contributed by atoms with E-state index in [1.165, 1.54) is 11.3 Å². The van der Waals surface area contributed by atoms with Gasteiger partial charge in [-0.15, -0.1) is 11.3 Å². The van der Waals surface area contributed by atoms with Gasteiger partial charge < -0.3 is 10.4 Å². The lowest BCUT2D eigenvalue weighted by atomic mass is 10.2. The number of benzene rings is 1. The number of amides is 1. The molecular weight excluding hydrogens is 284 g/mol. The predicted molar refractivity (Wildman–Crippen MR) is 76.6 cm³/mol. The number of carbonyl (C=O) groups excluding carboxylic acids is 1. The normalized spacial score (nSPS) is 10.4. The van der Waals surface area contributed by atoms with Crippen LogP contribution in [0.1, 0.15) is 16.9 Å². The van der Waals surface area contributed by atoms with Crippen molar-refractivity contribution in [1.82, 2.24) is 10.3 Å². The summed E-state index contributed by atoms with van der Waals surface area (Å²) in [5, 5.41) is 14.5. The number of hydrogen-bond acceptors (Lipinski definition) is 4. The molecule has 0 saturated heterocycles. The molecule has 1 aromatic heterocycles. The highest BCUT2D eigenvalue weighted by atomic mass is 35.5. The minimum atomic E-state index is -0.218. The maximum absolute atomic E-state index is 11.7. The molecule has 100 valence electrons. The molecule has 0 fully saturated rings. The number of thiazole rings is 1. The first-order valence-electron chi connectivity index (χ1n) is 5.81. The maximum Gasteiger partial charge on any atom is 0.270 e. The van der Waals surface area contributed by atoms with Crippen LogP contribution in [0.2, 0.25) is 5.02 Å². The van der Waals surface area contributed by atoms with Crippen LogP contribution in [0.3, 0.4) is 0 Å². The van der Waals surface area contributed by atoms with Crippen LogP contribution in [0.5, 0.6) is 0 Å². The summed E-state index contributed by atoms with van der Waals surface area (Å²) < 4.78 is 0. The number of nitrogens with zero attached hydrogens (tertiary/aromatic N) is 1. The number of nitrogens with one attached hydrogen (secondary N) is 1. The van der Waals surface area contributed by atoms with Crippen LogP contribution in [0.4, 0.5) is 0 Å². The predicted octanol–water partition coefficient (Wildman–Crippen LogP) is 2.58. The first kappa shape index (κ1) is 14.0. The molecule has 2 aromatic rings. The number of aromatic nitrogens is 1. The quantitative estimate of drug-likeness (QED) is 0.834. The lowest BCUT2D eigenvalue weighted by molar-refractivity contribution is 0.0947. The van der Waals surface area contributed by atoms with Gasteiger partial charge in [0.1, 0.15) is 10.7 Å². The number of rotatable bonds is 5. The summed E-state index contributed by atoms with van der Waals surface area (Å²) in [4.78, 5) is 16.0. The van der Waals surface area contributed by atoms with Crippen LogP contribution in [0, 0.1) is 0 Å². The molecule has 1 heterocycles. The Morgan fingerprint density at radius 2 is 2.11 bits per heavy atom. The molecule has 0 unspecified atom stereocenters.